The molecule has 0 radical (unpaired) electrons. The number of nitrogens with zero attached hydrogens (tertiary/aromatic N) is 4. The maximum absolute atomic E-state index is 9.82. The van der Waals surface area contributed by atoms with E-state index in [4.69, 9.17) is 11.6 Å². The van der Waals surface area contributed by atoms with E-state index in [9.17, 15) is 5.11 Å². The van der Waals surface area contributed by atoms with Crippen molar-refractivity contribution in [3.8, 4) is 0 Å². The Balaban J connectivity index is 1.58. The van der Waals surface area contributed by atoms with Gasteiger partial charge in [-0.3, -0.25) is 14.5 Å². The molecule has 1 aromatic heterocycles. The SMILES string of the molecule is Cn1cc(CN2CCN(C(CO)c3cccc(Cl)c3)CC2)cn1. The fourth-order valence-corrected chi connectivity index (χ4v) is 3.39. The minimum atomic E-state index is 0.0224. The summed E-state index contributed by atoms with van der Waals surface area (Å²) in [4.78, 5) is 4.77. The van der Waals surface area contributed by atoms with Crippen LogP contribution in [0.25, 0.3) is 0 Å². The molecule has 124 valence electrons. The molecule has 2 heterocycles. The van der Waals surface area contributed by atoms with Crippen LogP contribution in [0.1, 0.15) is 17.2 Å². The van der Waals surface area contributed by atoms with Gasteiger partial charge in [0.05, 0.1) is 18.8 Å². The van der Waals surface area contributed by atoms with Crippen molar-refractivity contribution in [3.63, 3.8) is 0 Å². The molecule has 0 amide bonds. The Kier molecular flexibility index (Phi) is 5.33. The highest BCUT2D eigenvalue weighted by Crippen LogP contribution is 2.24. The van der Waals surface area contributed by atoms with E-state index in [0.717, 1.165) is 43.3 Å². The molecule has 1 saturated heterocycles. The second kappa shape index (κ2) is 7.45. The summed E-state index contributed by atoms with van der Waals surface area (Å²) in [6, 6.07) is 7.82. The van der Waals surface area contributed by atoms with Gasteiger partial charge in [-0.2, -0.15) is 5.10 Å². The van der Waals surface area contributed by atoms with E-state index < -0.39 is 0 Å². The van der Waals surface area contributed by atoms with E-state index in [-0.39, 0.29) is 12.6 Å². The van der Waals surface area contributed by atoms with Gasteiger partial charge >= 0.3 is 0 Å². The summed E-state index contributed by atoms with van der Waals surface area (Å²) in [7, 11) is 1.94. The third-order valence-corrected chi connectivity index (χ3v) is 4.65. The Morgan fingerprint density at radius 1 is 1.26 bits per heavy atom. The van der Waals surface area contributed by atoms with Gasteiger partial charge in [-0.15, -0.1) is 0 Å². The third-order valence-electron chi connectivity index (χ3n) is 4.42. The lowest BCUT2D eigenvalue weighted by atomic mass is 10.1. The molecule has 2 aromatic rings. The van der Waals surface area contributed by atoms with E-state index in [2.05, 4.69) is 21.1 Å². The van der Waals surface area contributed by atoms with E-state index in [0.29, 0.717) is 0 Å². The zero-order valence-electron chi connectivity index (χ0n) is 13.4. The van der Waals surface area contributed by atoms with Gasteiger partial charge < -0.3 is 5.11 Å². The van der Waals surface area contributed by atoms with Gasteiger partial charge in [0, 0.05) is 56.6 Å². The van der Waals surface area contributed by atoms with Crippen molar-refractivity contribution < 1.29 is 5.11 Å². The number of hydrogen-bond acceptors (Lipinski definition) is 4. The fraction of sp³-hybridized carbons (Fsp3) is 0.471. The van der Waals surface area contributed by atoms with Gasteiger partial charge in [-0.05, 0) is 17.7 Å². The van der Waals surface area contributed by atoms with E-state index >= 15 is 0 Å². The van der Waals surface area contributed by atoms with Crippen LogP contribution in [0.5, 0.6) is 0 Å². The highest BCUT2D eigenvalue weighted by Gasteiger charge is 2.24. The van der Waals surface area contributed by atoms with Gasteiger partial charge in [0.25, 0.3) is 0 Å². The van der Waals surface area contributed by atoms with Crippen molar-refractivity contribution in [2.75, 3.05) is 32.8 Å². The molecule has 3 rings (SSSR count). The van der Waals surface area contributed by atoms with Gasteiger partial charge in [0.2, 0.25) is 0 Å². The van der Waals surface area contributed by atoms with Crippen molar-refractivity contribution in [2.45, 2.75) is 12.6 Å². The lowest BCUT2D eigenvalue weighted by Crippen LogP contribution is -2.47. The number of aryl methyl sites for hydroxylation is 1. The third kappa shape index (κ3) is 4.12. The number of aliphatic hydroxyl groups is 1. The molecule has 6 heteroatoms. The van der Waals surface area contributed by atoms with Crippen molar-refractivity contribution in [1.82, 2.24) is 19.6 Å². The molecular weight excluding hydrogens is 312 g/mol. The van der Waals surface area contributed by atoms with Crippen LogP contribution in [0.2, 0.25) is 5.02 Å². The summed E-state index contributed by atoms with van der Waals surface area (Å²) in [5, 5.41) is 14.8. The number of benzene rings is 1. The smallest absolute Gasteiger partial charge is 0.0628 e. The topological polar surface area (TPSA) is 44.5 Å². The summed E-state index contributed by atoms with van der Waals surface area (Å²) in [5.41, 5.74) is 2.33. The molecular formula is C17H23ClN4O. The average Bonchev–Trinajstić information content (AvgIpc) is 2.95. The molecule has 1 N–H and O–H groups in total. The van der Waals surface area contributed by atoms with Crippen molar-refractivity contribution >= 4 is 11.6 Å². The first-order valence-electron chi connectivity index (χ1n) is 7.96. The van der Waals surface area contributed by atoms with Gasteiger partial charge in [0.1, 0.15) is 0 Å². The Morgan fingerprint density at radius 3 is 2.65 bits per heavy atom. The molecule has 1 unspecified atom stereocenters. The van der Waals surface area contributed by atoms with Crippen LogP contribution in [0.3, 0.4) is 0 Å². The fourth-order valence-electron chi connectivity index (χ4n) is 3.19. The monoisotopic (exact) mass is 334 g/mol. The number of halogens is 1. The molecule has 0 aliphatic carbocycles. The summed E-state index contributed by atoms with van der Waals surface area (Å²) in [5.74, 6) is 0. The molecule has 23 heavy (non-hydrogen) atoms. The lowest BCUT2D eigenvalue weighted by Gasteiger charge is -2.38. The molecule has 0 bridgehead atoms. The summed E-state index contributed by atoms with van der Waals surface area (Å²) >= 11 is 6.08. The number of piperazine rings is 1. The number of aliphatic hydroxyl groups excluding tert-OH is 1. The van der Waals surface area contributed by atoms with E-state index in [1.165, 1.54) is 5.56 Å². The second-order valence-corrected chi connectivity index (χ2v) is 6.52. The molecule has 5 nitrogen and oxygen atoms in total. The second-order valence-electron chi connectivity index (χ2n) is 6.09. The van der Waals surface area contributed by atoms with Gasteiger partial charge in [0.15, 0.2) is 0 Å². The minimum absolute atomic E-state index is 0.0224. The van der Waals surface area contributed by atoms with Crippen LogP contribution in [0.4, 0.5) is 0 Å². The standard InChI is InChI=1S/C17H23ClN4O/c1-20-11-14(10-19-20)12-21-5-7-22(8-6-21)17(13-23)15-3-2-4-16(18)9-15/h2-4,9-11,17,23H,5-8,12-13H2,1H3. The highest BCUT2D eigenvalue weighted by molar-refractivity contribution is 6.30. The lowest BCUT2D eigenvalue weighted by molar-refractivity contribution is 0.0621. The van der Waals surface area contributed by atoms with Crippen molar-refractivity contribution in [2.24, 2.45) is 7.05 Å². The van der Waals surface area contributed by atoms with Crippen LogP contribution in [-0.4, -0.2) is 57.5 Å². The normalized spacial score (nSPS) is 18.2. The van der Waals surface area contributed by atoms with Crippen molar-refractivity contribution in [1.29, 1.82) is 0 Å². The van der Waals surface area contributed by atoms with Crippen molar-refractivity contribution in [3.05, 3.63) is 52.8 Å². The van der Waals surface area contributed by atoms with Crippen LogP contribution >= 0.6 is 11.6 Å². The van der Waals surface area contributed by atoms with Gasteiger partial charge in [-0.25, -0.2) is 0 Å². The van der Waals surface area contributed by atoms with E-state index in [1.54, 1.807) is 0 Å². The van der Waals surface area contributed by atoms with Crippen LogP contribution < -0.4 is 0 Å². The first kappa shape index (κ1) is 16.5. The first-order chi connectivity index (χ1) is 11.2. The Morgan fingerprint density at radius 2 is 2.04 bits per heavy atom. The zero-order valence-corrected chi connectivity index (χ0v) is 14.2. The Labute approximate surface area is 142 Å². The largest absolute Gasteiger partial charge is 0.394 e. The quantitative estimate of drug-likeness (QED) is 0.907. The zero-order chi connectivity index (χ0) is 16.2. The average molecular weight is 335 g/mol. The van der Waals surface area contributed by atoms with Gasteiger partial charge in [-0.1, -0.05) is 23.7 Å². The number of aromatic nitrogens is 2. The Hall–Kier alpha value is -1.40. The van der Waals surface area contributed by atoms with E-state index in [1.807, 2.05) is 42.2 Å². The molecule has 1 fully saturated rings. The minimum Gasteiger partial charge on any atom is -0.394 e. The van der Waals surface area contributed by atoms with Crippen LogP contribution in [0.15, 0.2) is 36.7 Å². The van der Waals surface area contributed by atoms with Crippen LogP contribution in [0, 0.1) is 0 Å². The predicted octanol–water partition coefficient (Wildman–Crippen LogP) is 1.92. The number of rotatable bonds is 5. The maximum atomic E-state index is 9.82. The highest BCUT2D eigenvalue weighted by atomic mass is 35.5. The first-order valence-corrected chi connectivity index (χ1v) is 8.34. The Bertz CT molecular complexity index is 637. The summed E-state index contributed by atoms with van der Waals surface area (Å²) < 4.78 is 1.84. The van der Waals surface area contributed by atoms with Crippen LogP contribution in [-0.2, 0) is 13.6 Å². The molecule has 1 atom stereocenters. The molecule has 0 spiro atoms. The molecule has 0 saturated carbocycles. The maximum Gasteiger partial charge on any atom is 0.0628 e. The molecule has 1 aromatic carbocycles. The summed E-state index contributed by atoms with van der Waals surface area (Å²) in [6.07, 6.45) is 3.99. The predicted molar refractivity (Wildman–Crippen MR) is 91.3 cm³/mol. The summed E-state index contributed by atoms with van der Waals surface area (Å²) in [6.45, 7) is 4.92. The number of hydrogen-bond donors (Lipinski definition) is 1. The molecule has 1 aliphatic heterocycles. The molecule has 1 aliphatic rings.